The van der Waals surface area contributed by atoms with Gasteiger partial charge in [0.25, 0.3) is 0 Å². The van der Waals surface area contributed by atoms with Crippen LogP contribution in [0.15, 0.2) is 35.9 Å². The van der Waals surface area contributed by atoms with Crippen molar-refractivity contribution in [1.82, 2.24) is 9.80 Å². The Labute approximate surface area is 151 Å². The molecule has 0 aliphatic carbocycles. The van der Waals surface area contributed by atoms with Gasteiger partial charge in [0.05, 0.1) is 6.61 Å². The molecular weight excluding hydrogens is 316 g/mol. The molecule has 1 saturated heterocycles. The molecule has 5 heteroatoms. The Morgan fingerprint density at radius 3 is 2.80 bits per heavy atom. The van der Waals surface area contributed by atoms with E-state index in [1.165, 1.54) is 11.1 Å². The predicted molar refractivity (Wildman–Crippen MR) is 101 cm³/mol. The predicted octanol–water partition coefficient (Wildman–Crippen LogP) is 1.89. The maximum atomic E-state index is 9.41. The van der Waals surface area contributed by atoms with E-state index >= 15 is 0 Å². The fourth-order valence-electron chi connectivity index (χ4n) is 3.22. The first-order valence-corrected chi connectivity index (χ1v) is 9.15. The van der Waals surface area contributed by atoms with Crippen molar-refractivity contribution in [3.8, 4) is 5.75 Å². The zero-order valence-electron chi connectivity index (χ0n) is 15.5. The lowest BCUT2D eigenvalue weighted by molar-refractivity contribution is 0.0636. The molecule has 1 aliphatic rings. The van der Waals surface area contributed by atoms with Gasteiger partial charge in [0.2, 0.25) is 0 Å². The van der Waals surface area contributed by atoms with Crippen molar-refractivity contribution in [1.29, 1.82) is 0 Å². The summed E-state index contributed by atoms with van der Waals surface area (Å²) in [5.41, 5.74) is 2.56. The molecule has 5 nitrogen and oxygen atoms in total. The zero-order chi connectivity index (χ0) is 18.1. The zero-order valence-corrected chi connectivity index (χ0v) is 15.5. The lowest BCUT2D eigenvalue weighted by Crippen LogP contribution is -2.53. The van der Waals surface area contributed by atoms with Crippen LogP contribution in [0.5, 0.6) is 5.75 Å². The van der Waals surface area contributed by atoms with Crippen LogP contribution in [-0.2, 0) is 6.54 Å². The van der Waals surface area contributed by atoms with E-state index in [0.29, 0.717) is 12.6 Å². The van der Waals surface area contributed by atoms with Crippen molar-refractivity contribution < 1.29 is 14.9 Å². The van der Waals surface area contributed by atoms with Crippen LogP contribution in [0.3, 0.4) is 0 Å². The number of piperazine rings is 1. The quantitative estimate of drug-likeness (QED) is 0.668. The molecule has 1 fully saturated rings. The molecule has 1 aliphatic heterocycles. The Bertz CT molecular complexity index is 543. The Hall–Kier alpha value is -1.40. The second-order valence-electron chi connectivity index (χ2n) is 6.90. The molecule has 0 saturated carbocycles. The summed E-state index contributed by atoms with van der Waals surface area (Å²) < 4.78 is 5.50. The first-order valence-electron chi connectivity index (χ1n) is 9.15. The maximum absolute atomic E-state index is 9.41. The first-order chi connectivity index (χ1) is 12.1. The summed E-state index contributed by atoms with van der Waals surface area (Å²) in [7, 11) is 0. The van der Waals surface area contributed by atoms with Gasteiger partial charge in [-0.15, -0.1) is 0 Å². The summed E-state index contributed by atoms with van der Waals surface area (Å²) in [5, 5.41) is 18.3. The molecule has 1 aromatic carbocycles. The normalized spacial score (nSPS) is 19.0. The molecule has 2 rings (SSSR count). The maximum Gasteiger partial charge on any atom is 0.119 e. The van der Waals surface area contributed by atoms with Crippen molar-refractivity contribution in [2.45, 2.75) is 32.9 Å². The minimum absolute atomic E-state index is 0.0285. The molecule has 140 valence electrons. The summed E-state index contributed by atoms with van der Waals surface area (Å²) in [5.74, 6) is 0.806. The largest absolute Gasteiger partial charge is 0.491 e. The van der Waals surface area contributed by atoms with Gasteiger partial charge in [-0.2, -0.15) is 0 Å². The van der Waals surface area contributed by atoms with Crippen molar-refractivity contribution in [2.24, 2.45) is 0 Å². The van der Waals surface area contributed by atoms with Gasteiger partial charge in [0, 0.05) is 45.4 Å². The van der Waals surface area contributed by atoms with Crippen LogP contribution in [0.25, 0.3) is 0 Å². The molecular formula is C20H32N2O3. The van der Waals surface area contributed by atoms with Gasteiger partial charge in [-0.3, -0.25) is 9.80 Å². The molecule has 1 atom stereocenters. The molecule has 1 unspecified atom stereocenters. The van der Waals surface area contributed by atoms with E-state index in [-0.39, 0.29) is 13.2 Å². The molecule has 1 heterocycles. The SMILES string of the molecule is CC(C)=CCN1CCN(Cc2cccc(OCCO)c2)CC1CCO. The monoisotopic (exact) mass is 348 g/mol. The summed E-state index contributed by atoms with van der Waals surface area (Å²) >= 11 is 0. The first kappa shape index (κ1) is 19.9. The number of hydrogen-bond donors (Lipinski definition) is 2. The van der Waals surface area contributed by atoms with Crippen LogP contribution in [0.1, 0.15) is 25.8 Å². The van der Waals surface area contributed by atoms with Crippen molar-refractivity contribution in [3.05, 3.63) is 41.5 Å². The molecule has 0 radical (unpaired) electrons. The van der Waals surface area contributed by atoms with Gasteiger partial charge < -0.3 is 14.9 Å². The summed E-state index contributed by atoms with van der Waals surface area (Å²) in [6, 6.07) is 8.47. The Morgan fingerprint density at radius 1 is 1.24 bits per heavy atom. The van der Waals surface area contributed by atoms with E-state index in [2.05, 4.69) is 35.8 Å². The number of ether oxygens (including phenoxy) is 1. The van der Waals surface area contributed by atoms with Crippen LogP contribution in [0.2, 0.25) is 0 Å². The summed E-state index contributed by atoms with van der Waals surface area (Å²) in [6.45, 7) is 9.71. The van der Waals surface area contributed by atoms with Crippen molar-refractivity contribution in [3.63, 3.8) is 0 Å². The van der Waals surface area contributed by atoms with Gasteiger partial charge in [0.15, 0.2) is 0 Å². The fourth-order valence-corrected chi connectivity index (χ4v) is 3.22. The van der Waals surface area contributed by atoms with E-state index in [1.54, 1.807) is 0 Å². The molecule has 0 spiro atoms. The Kier molecular flexibility index (Phi) is 8.41. The van der Waals surface area contributed by atoms with Gasteiger partial charge in [-0.25, -0.2) is 0 Å². The van der Waals surface area contributed by atoms with Gasteiger partial charge in [0.1, 0.15) is 12.4 Å². The van der Waals surface area contributed by atoms with Crippen LogP contribution < -0.4 is 4.74 Å². The number of aliphatic hydroxyl groups is 2. The standard InChI is InChI=1S/C20H32N2O3/c1-17(2)6-8-22-10-9-21(16-19(22)7-11-23)15-18-4-3-5-20(14-18)25-13-12-24/h3-6,14,19,23-24H,7-13,15-16H2,1-2H3. The van der Waals surface area contributed by atoms with Crippen molar-refractivity contribution in [2.75, 3.05) is 46.0 Å². The average molecular weight is 348 g/mol. The number of rotatable bonds is 9. The highest BCUT2D eigenvalue weighted by molar-refractivity contribution is 5.28. The lowest BCUT2D eigenvalue weighted by Gasteiger charge is -2.41. The highest BCUT2D eigenvalue weighted by Crippen LogP contribution is 2.19. The minimum atomic E-state index is 0.0285. The summed E-state index contributed by atoms with van der Waals surface area (Å²) in [6.07, 6.45) is 3.08. The third kappa shape index (κ3) is 6.78. The number of aliphatic hydroxyl groups excluding tert-OH is 2. The lowest BCUT2D eigenvalue weighted by atomic mass is 10.1. The highest BCUT2D eigenvalue weighted by Gasteiger charge is 2.25. The smallest absolute Gasteiger partial charge is 0.119 e. The average Bonchev–Trinajstić information content (AvgIpc) is 2.60. The van der Waals surface area contributed by atoms with E-state index < -0.39 is 0 Å². The number of allylic oxidation sites excluding steroid dienone is 1. The third-order valence-corrected chi connectivity index (χ3v) is 4.55. The van der Waals surface area contributed by atoms with Gasteiger partial charge >= 0.3 is 0 Å². The Morgan fingerprint density at radius 2 is 2.08 bits per heavy atom. The van der Waals surface area contributed by atoms with Gasteiger partial charge in [-0.05, 0) is 38.0 Å². The fraction of sp³-hybridized carbons (Fsp3) is 0.600. The van der Waals surface area contributed by atoms with E-state index in [0.717, 1.165) is 44.9 Å². The number of benzene rings is 1. The molecule has 2 N–H and O–H groups in total. The van der Waals surface area contributed by atoms with E-state index in [1.807, 2.05) is 18.2 Å². The second kappa shape index (κ2) is 10.6. The molecule has 0 aromatic heterocycles. The molecule has 1 aromatic rings. The van der Waals surface area contributed by atoms with Crippen LogP contribution in [-0.4, -0.2) is 72.1 Å². The number of nitrogens with zero attached hydrogens (tertiary/aromatic N) is 2. The molecule has 25 heavy (non-hydrogen) atoms. The van der Waals surface area contributed by atoms with Crippen molar-refractivity contribution >= 4 is 0 Å². The molecule has 0 bridgehead atoms. The van der Waals surface area contributed by atoms with E-state index in [4.69, 9.17) is 9.84 Å². The topological polar surface area (TPSA) is 56.2 Å². The van der Waals surface area contributed by atoms with Crippen LogP contribution in [0.4, 0.5) is 0 Å². The minimum Gasteiger partial charge on any atom is -0.491 e. The van der Waals surface area contributed by atoms with E-state index in [9.17, 15) is 5.11 Å². The number of hydrogen-bond acceptors (Lipinski definition) is 5. The highest BCUT2D eigenvalue weighted by atomic mass is 16.5. The van der Waals surface area contributed by atoms with Crippen LogP contribution >= 0.6 is 0 Å². The van der Waals surface area contributed by atoms with Gasteiger partial charge in [-0.1, -0.05) is 23.8 Å². The summed E-state index contributed by atoms with van der Waals surface area (Å²) in [4.78, 5) is 4.92. The second-order valence-corrected chi connectivity index (χ2v) is 6.90. The third-order valence-electron chi connectivity index (χ3n) is 4.55. The molecule has 0 amide bonds. The van der Waals surface area contributed by atoms with Crippen LogP contribution in [0, 0.1) is 0 Å². The Balaban J connectivity index is 1.94.